The van der Waals surface area contributed by atoms with Crippen LogP contribution in [0.1, 0.15) is 9.67 Å². The summed E-state index contributed by atoms with van der Waals surface area (Å²) in [7, 11) is 0. The van der Waals surface area contributed by atoms with Crippen LogP contribution in [0.5, 0.6) is 0 Å². The van der Waals surface area contributed by atoms with Crippen molar-refractivity contribution in [2.24, 2.45) is 0 Å². The van der Waals surface area contributed by atoms with Gasteiger partial charge in [-0.25, -0.2) is 4.79 Å². The summed E-state index contributed by atoms with van der Waals surface area (Å²) in [5.41, 5.74) is 1.71. The van der Waals surface area contributed by atoms with Gasteiger partial charge in [0, 0.05) is 10.0 Å². The van der Waals surface area contributed by atoms with Crippen molar-refractivity contribution >= 4 is 33.2 Å². The van der Waals surface area contributed by atoms with Gasteiger partial charge in [-0.05, 0) is 29.1 Å². The zero-order valence-corrected chi connectivity index (χ0v) is 10.0. The molecule has 76 valence electrons. The third kappa shape index (κ3) is 2.11. The van der Waals surface area contributed by atoms with Crippen LogP contribution < -0.4 is 0 Å². The summed E-state index contributed by atoms with van der Waals surface area (Å²) < 4.78 is 0.985. The highest BCUT2D eigenvalue weighted by Gasteiger charge is 2.12. The second-order valence-electron chi connectivity index (χ2n) is 2.98. The standard InChI is InChI=1S/C11H7BrO2S/c12-8-3-1-7(2-4-8)9-5-6-15-10(9)11(13)14/h1-6H,(H,13,14). The molecule has 0 aliphatic rings. The molecule has 2 nitrogen and oxygen atoms in total. The van der Waals surface area contributed by atoms with E-state index in [2.05, 4.69) is 15.9 Å². The van der Waals surface area contributed by atoms with Crippen LogP contribution in [0.3, 0.4) is 0 Å². The number of benzene rings is 1. The third-order valence-corrected chi connectivity index (χ3v) is 3.45. The fourth-order valence-electron chi connectivity index (χ4n) is 1.33. The Kier molecular flexibility index (Phi) is 2.88. The number of carboxylic acids is 1. The lowest BCUT2D eigenvalue weighted by molar-refractivity contribution is 0.0703. The van der Waals surface area contributed by atoms with E-state index in [0.29, 0.717) is 4.88 Å². The summed E-state index contributed by atoms with van der Waals surface area (Å²) in [6.07, 6.45) is 0. The van der Waals surface area contributed by atoms with Crippen LogP contribution in [0.15, 0.2) is 40.2 Å². The Hall–Kier alpha value is -1.13. The van der Waals surface area contributed by atoms with E-state index < -0.39 is 5.97 Å². The second-order valence-corrected chi connectivity index (χ2v) is 4.81. The van der Waals surface area contributed by atoms with E-state index in [1.165, 1.54) is 11.3 Å². The highest BCUT2D eigenvalue weighted by molar-refractivity contribution is 9.10. The van der Waals surface area contributed by atoms with E-state index >= 15 is 0 Å². The van der Waals surface area contributed by atoms with Crippen molar-refractivity contribution in [3.63, 3.8) is 0 Å². The number of hydrogen-bond acceptors (Lipinski definition) is 2. The Morgan fingerprint density at radius 1 is 1.20 bits per heavy atom. The summed E-state index contributed by atoms with van der Waals surface area (Å²) in [6, 6.07) is 9.44. The predicted molar refractivity (Wildman–Crippen MR) is 64.4 cm³/mol. The van der Waals surface area contributed by atoms with E-state index in [0.717, 1.165) is 15.6 Å². The number of thiophene rings is 1. The zero-order chi connectivity index (χ0) is 10.8. The fourth-order valence-corrected chi connectivity index (χ4v) is 2.35. The summed E-state index contributed by atoms with van der Waals surface area (Å²) >= 11 is 4.59. The molecule has 0 amide bonds. The molecule has 2 aromatic rings. The molecule has 0 fully saturated rings. The maximum atomic E-state index is 10.9. The summed E-state index contributed by atoms with van der Waals surface area (Å²) in [5.74, 6) is -0.872. The molecule has 0 aliphatic carbocycles. The lowest BCUT2D eigenvalue weighted by Gasteiger charge is -2.00. The lowest BCUT2D eigenvalue weighted by Crippen LogP contribution is -1.94. The Morgan fingerprint density at radius 2 is 1.87 bits per heavy atom. The fraction of sp³-hybridized carbons (Fsp3) is 0. The van der Waals surface area contributed by atoms with E-state index in [1.54, 1.807) is 5.38 Å². The van der Waals surface area contributed by atoms with Gasteiger partial charge in [0.1, 0.15) is 4.88 Å². The van der Waals surface area contributed by atoms with Crippen LogP contribution in [0.4, 0.5) is 0 Å². The average Bonchev–Trinajstić information content (AvgIpc) is 2.67. The lowest BCUT2D eigenvalue weighted by atomic mass is 10.1. The molecular weight excluding hydrogens is 276 g/mol. The monoisotopic (exact) mass is 282 g/mol. The minimum atomic E-state index is -0.872. The molecular formula is C11H7BrO2S. The van der Waals surface area contributed by atoms with E-state index in [-0.39, 0.29) is 0 Å². The third-order valence-electron chi connectivity index (χ3n) is 2.01. The van der Waals surface area contributed by atoms with Crippen LogP contribution in [0, 0.1) is 0 Å². The molecule has 0 saturated heterocycles. The van der Waals surface area contributed by atoms with Crippen LogP contribution in [-0.4, -0.2) is 11.1 Å². The quantitative estimate of drug-likeness (QED) is 0.908. The summed E-state index contributed by atoms with van der Waals surface area (Å²) in [4.78, 5) is 11.3. The van der Waals surface area contributed by atoms with Crippen LogP contribution in [0.25, 0.3) is 11.1 Å². The molecule has 4 heteroatoms. The number of aromatic carboxylic acids is 1. The zero-order valence-electron chi connectivity index (χ0n) is 7.61. The first-order chi connectivity index (χ1) is 7.18. The number of carbonyl (C=O) groups is 1. The molecule has 0 aliphatic heterocycles. The maximum absolute atomic E-state index is 10.9. The minimum Gasteiger partial charge on any atom is -0.477 e. The molecule has 0 unspecified atom stereocenters. The largest absolute Gasteiger partial charge is 0.477 e. The van der Waals surface area contributed by atoms with Gasteiger partial charge in [-0.3, -0.25) is 0 Å². The van der Waals surface area contributed by atoms with Crippen molar-refractivity contribution in [3.05, 3.63) is 45.1 Å². The van der Waals surface area contributed by atoms with Crippen molar-refractivity contribution in [1.82, 2.24) is 0 Å². The van der Waals surface area contributed by atoms with Crippen LogP contribution in [0.2, 0.25) is 0 Å². The normalized spacial score (nSPS) is 10.2. The Morgan fingerprint density at radius 3 is 2.47 bits per heavy atom. The van der Waals surface area contributed by atoms with E-state index in [9.17, 15) is 4.79 Å². The van der Waals surface area contributed by atoms with Gasteiger partial charge in [-0.15, -0.1) is 11.3 Å². The molecule has 1 N–H and O–H groups in total. The second kappa shape index (κ2) is 4.16. The van der Waals surface area contributed by atoms with Gasteiger partial charge in [-0.2, -0.15) is 0 Å². The molecule has 0 saturated carbocycles. The first-order valence-corrected chi connectivity index (χ1v) is 5.92. The molecule has 0 bridgehead atoms. The Balaban J connectivity index is 2.49. The molecule has 0 radical (unpaired) electrons. The molecule has 0 atom stereocenters. The van der Waals surface area contributed by atoms with Crippen molar-refractivity contribution in [2.45, 2.75) is 0 Å². The number of halogens is 1. The van der Waals surface area contributed by atoms with E-state index in [4.69, 9.17) is 5.11 Å². The predicted octanol–water partition coefficient (Wildman–Crippen LogP) is 3.88. The summed E-state index contributed by atoms with van der Waals surface area (Å²) in [6.45, 7) is 0. The smallest absolute Gasteiger partial charge is 0.346 e. The average molecular weight is 283 g/mol. The molecule has 2 rings (SSSR count). The molecule has 0 spiro atoms. The Bertz CT molecular complexity index is 488. The molecule has 1 aromatic carbocycles. The van der Waals surface area contributed by atoms with E-state index in [1.807, 2.05) is 30.3 Å². The van der Waals surface area contributed by atoms with Crippen molar-refractivity contribution in [3.8, 4) is 11.1 Å². The number of carboxylic acid groups (broad SMARTS) is 1. The first kappa shape index (κ1) is 10.4. The topological polar surface area (TPSA) is 37.3 Å². The van der Waals surface area contributed by atoms with Gasteiger partial charge in [0.2, 0.25) is 0 Å². The van der Waals surface area contributed by atoms with Gasteiger partial charge >= 0.3 is 5.97 Å². The highest BCUT2D eigenvalue weighted by atomic mass is 79.9. The SMILES string of the molecule is O=C(O)c1sccc1-c1ccc(Br)cc1. The Labute approximate surface area is 99.3 Å². The highest BCUT2D eigenvalue weighted by Crippen LogP contribution is 2.29. The van der Waals surface area contributed by atoms with Crippen molar-refractivity contribution in [2.75, 3.05) is 0 Å². The summed E-state index contributed by atoms with van der Waals surface area (Å²) in [5, 5.41) is 10.8. The van der Waals surface area contributed by atoms with Gasteiger partial charge in [0.15, 0.2) is 0 Å². The number of hydrogen-bond donors (Lipinski definition) is 1. The van der Waals surface area contributed by atoms with Gasteiger partial charge in [0.25, 0.3) is 0 Å². The molecule has 1 heterocycles. The van der Waals surface area contributed by atoms with Gasteiger partial charge in [0.05, 0.1) is 0 Å². The number of rotatable bonds is 2. The first-order valence-electron chi connectivity index (χ1n) is 4.25. The minimum absolute atomic E-state index is 0.386. The van der Waals surface area contributed by atoms with Crippen LogP contribution >= 0.6 is 27.3 Å². The maximum Gasteiger partial charge on any atom is 0.346 e. The molecule has 15 heavy (non-hydrogen) atoms. The van der Waals surface area contributed by atoms with Gasteiger partial charge < -0.3 is 5.11 Å². The molecule has 1 aromatic heterocycles. The van der Waals surface area contributed by atoms with Crippen molar-refractivity contribution < 1.29 is 9.90 Å². The van der Waals surface area contributed by atoms with Crippen molar-refractivity contribution in [1.29, 1.82) is 0 Å². The van der Waals surface area contributed by atoms with Crippen LogP contribution in [-0.2, 0) is 0 Å². The van der Waals surface area contributed by atoms with Gasteiger partial charge in [-0.1, -0.05) is 28.1 Å².